The fourth-order valence-electron chi connectivity index (χ4n) is 1.65. The summed E-state index contributed by atoms with van der Waals surface area (Å²) in [4.78, 5) is 10.8. The number of nitrogens with one attached hydrogen (secondary N) is 1. The quantitative estimate of drug-likeness (QED) is 0.810. The molecule has 1 aliphatic heterocycles. The summed E-state index contributed by atoms with van der Waals surface area (Å²) < 4.78 is 10.5. The zero-order chi connectivity index (χ0) is 12.3. The Morgan fingerprint density at radius 1 is 1.41 bits per heavy atom. The van der Waals surface area contributed by atoms with E-state index in [4.69, 9.17) is 9.47 Å². The number of hydrogen-bond acceptors (Lipinski definition) is 4. The van der Waals surface area contributed by atoms with Gasteiger partial charge in [0, 0.05) is 11.6 Å². The summed E-state index contributed by atoms with van der Waals surface area (Å²) in [6.07, 6.45) is 1.81. The molecule has 0 aromatic heterocycles. The third kappa shape index (κ3) is 2.17. The van der Waals surface area contributed by atoms with Crippen LogP contribution >= 0.6 is 0 Å². The molecule has 2 rings (SSSR count). The smallest absolute Gasteiger partial charge is 0.167 e. The molecule has 0 aliphatic carbocycles. The molecule has 0 radical (unpaired) electrons. The van der Waals surface area contributed by atoms with Crippen molar-refractivity contribution in [3.05, 3.63) is 35.2 Å². The molecule has 88 valence electrons. The second kappa shape index (κ2) is 4.76. The van der Waals surface area contributed by atoms with E-state index in [0.717, 1.165) is 17.0 Å². The lowest BCUT2D eigenvalue weighted by Gasteiger charge is -2.19. The van der Waals surface area contributed by atoms with Crippen LogP contribution in [0.2, 0.25) is 0 Å². The van der Waals surface area contributed by atoms with Gasteiger partial charge in [0.2, 0.25) is 0 Å². The van der Waals surface area contributed by atoms with Gasteiger partial charge in [-0.05, 0) is 25.1 Å². The van der Waals surface area contributed by atoms with Crippen LogP contribution in [0.4, 0.5) is 5.69 Å². The van der Waals surface area contributed by atoms with E-state index < -0.39 is 0 Å². The molecule has 0 saturated heterocycles. The summed E-state index contributed by atoms with van der Waals surface area (Å²) in [6.45, 7) is 2.37. The van der Waals surface area contributed by atoms with Crippen LogP contribution in [0.5, 0.6) is 5.75 Å². The molecule has 0 fully saturated rings. The van der Waals surface area contributed by atoms with Crippen molar-refractivity contribution >= 4 is 17.7 Å². The topological polar surface area (TPSA) is 47.6 Å². The molecule has 0 saturated carbocycles. The lowest BCUT2D eigenvalue weighted by molar-refractivity contribution is 0.241. The first-order chi connectivity index (χ1) is 8.28. The Kier molecular flexibility index (Phi) is 3.17. The lowest BCUT2D eigenvalue weighted by atomic mass is 10.1. The summed E-state index contributed by atoms with van der Waals surface area (Å²) in [5, 5.41) is 2.98. The third-order valence-electron chi connectivity index (χ3n) is 2.46. The molecule has 0 amide bonds. The standard InChI is InChI=1S/C13H13NO3/c1-3-17-13-6-9-4-5-10(16-2)7-11(9)14-12(13)8-15/h4-7,14H,3H2,1-2H3. The van der Waals surface area contributed by atoms with Gasteiger partial charge in [-0.2, -0.15) is 0 Å². The first-order valence-electron chi connectivity index (χ1n) is 5.33. The average molecular weight is 231 g/mol. The van der Waals surface area contributed by atoms with Crippen LogP contribution in [0.1, 0.15) is 12.5 Å². The molecule has 1 aromatic carbocycles. The van der Waals surface area contributed by atoms with Crippen molar-refractivity contribution in [1.29, 1.82) is 0 Å². The van der Waals surface area contributed by atoms with Crippen molar-refractivity contribution in [2.75, 3.05) is 19.0 Å². The van der Waals surface area contributed by atoms with Gasteiger partial charge in [-0.1, -0.05) is 0 Å². The van der Waals surface area contributed by atoms with Crippen LogP contribution in [0, 0.1) is 0 Å². The number of benzene rings is 1. The Bertz CT molecular complexity index is 513. The SMILES string of the molecule is CCOC1=Cc2ccc(OC)cc2NC1=C=O. The lowest BCUT2D eigenvalue weighted by Crippen LogP contribution is -2.11. The molecular weight excluding hydrogens is 218 g/mol. The number of methoxy groups -OCH3 is 1. The number of anilines is 1. The molecule has 0 bridgehead atoms. The highest BCUT2D eigenvalue weighted by Crippen LogP contribution is 2.31. The summed E-state index contributed by atoms with van der Waals surface area (Å²) in [7, 11) is 1.60. The maximum absolute atomic E-state index is 10.8. The van der Waals surface area contributed by atoms with Gasteiger partial charge < -0.3 is 14.8 Å². The highest BCUT2D eigenvalue weighted by molar-refractivity contribution is 5.82. The van der Waals surface area contributed by atoms with Crippen LogP contribution in [0.15, 0.2) is 29.7 Å². The second-order valence-electron chi connectivity index (χ2n) is 3.50. The van der Waals surface area contributed by atoms with Crippen LogP contribution in [0.3, 0.4) is 0 Å². The highest BCUT2D eigenvalue weighted by Gasteiger charge is 2.17. The minimum Gasteiger partial charge on any atom is -0.497 e. The van der Waals surface area contributed by atoms with Crippen molar-refractivity contribution in [3.63, 3.8) is 0 Å². The Hall–Kier alpha value is -2.19. The second-order valence-corrected chi connectivity index (χ2v) is 3.50. The Morgan fingerprint density at radius 2 is 2.24 bits per heavy atom. The molecule has 0 spiro atoms. The first-order valence-corrected chi connectivity index (χ1v) is 5.33. The van der Waals surface area contributed by atoms with Crippen molar-refractivity contribution in [1.82, 2.24) is 0 Å². The molecule has 4 nitrogen and oxygen atoms in total. The number of fused-ring (bicyclic) bond motifs is 1. The van der Waals surface area contributed by atoms with Crippen molar-refractivity contribution in [3.8, 4) is 5.75 Å². The van der Waals surface area contributed by atoms with Gasteiger partial charge in [-0.25, -0.2) is 4.79 Å². The monoisotopic (exact) mass is 231 g/mol. The zero-order valence-corrected chi connectivity index (χ0v) is 9.74. The van der Waals surface area contributed by atoms with Crippen LogP contribution in [0.25, 0.3) is 6.08 Å². The van der Waals surface area contributed by atoms with Crippen LogP contribution in [-0.4, -0.2) is 19.7 Å². The van der Waals surface area contributed by atoms with Gasteiger partial charge in [0.15, 0.2) is 17.4 Å². The molecule has 1 N–H and O–H groups in total. The summed E-state index contributed by atoms with van der Waals surface area (Å²) in [6, 6.07) is 5.59. The fourth-order valence-corrected chi connectivity index (χ4v) is 1.65. The van der Waals surface area contributed by atoms with Crippen molar-refractivity contribution < 1.29 is 14.3 Å². The van der Waals surface area contributed by atoms with E-state index in [-0.39, 0.29) is 0 Å². The molecule has 0 unspecified atom stereocenters. The molecule has 1 aliphatic rings. The number of rotatable bonds is 3. The molecule has 1 aromatic rings. The van der Waals surface area contributed by atoms with Gasteiger partial charge in [-0.15, -0.1) is 0 Å². The predicted molar refractivity (Wildman–Crippen MR) is 65.4 cm³/mol. The van der Waals surface area contributed by atoms with Crippen LogP contribution < -0.4 is 10.1 Å². The van der Waals surface area contributed by atoms with E-state index >= 15 is 0 Å². The fraction of sp³-hybridized carbons (Fsp3) is 0.231. The van der Waals surface area contributed by atoms with Crippen molar-refractivity contribution in [2.24, 2.45) is 0 Å². The first kappa shape index (κ1) is 11.3. The minimum atomic E-state index is 0.313. The van der Waals surface area contributed by atoms with Gasteiger partial charge in [0.05, 0.1) is 19.4 Å². The zero-order valence-electron chi connectivity index (χ0n) is 9.74. The number of carbonyl (C=O) groups excluding carboxylic acids is 1. The molecule has 1 heterocycles. The molecule has 4 heteroatoms. The van der Waals surface area contributed by atoms with E-state index in [0.29, 0.717) is 18.1 Å². The molecule has 0 atom stereocenters. The van der Waals surface area contributed by atoms with Gasteiger partial charge in [-0.3, -0.25) is 0 Å². The molecular formula is C13H13NO3. The Balaban J connectivity index is 2.45. The summed E-state index contributed by atoms with van der Waals surface area (Å²) in [5.41, 5.74) is 2.08. The highest BCUT2D eigenvalue weighted by atomic mass is 16.5. The van der Waals surface area contributed by atoms with E-state index in [2.05, 4.69) is 5.32 Å². The Labute approximate surface area is 99.5 Å². The van der Waals surface area contributed by atoms with E-state index in [1.165, 1.54) is 0 Å². The van der Waals surface area contributed by atoms with E-state index in [1.54, 1.807) is 7.11 Å². The van der Waals surface area contributed by atoms with Gasteiger partial charge >= 0.3 is 0 Å². The molecule has 17 heavy (non-hydrogen) atoms. The maximum atomic E-state index is 10.8. The van der Waals surface area contributed by atoms with E-state index in [9.17, 15) is 4.79 Å². The largest absolute Gasteiger partial charge is 0.497 e. The average Bonchev–Trinajstić information content (AvgIpc) is 2.37. The maximum Gasteiger partial charge on any atom is 0.167 e. The summed E-state index contributed by atoms with van der Waals surface area (Å²) >= 11 is 0. The normalized spacial score (nSPS) is 13.1. The van der Waals surface area contributed by atoms with Crippen molar-refractivity contribution in [2.45, 2.75) is 6.92 Å². The van der Waals surface area contributed by atoms with E-state index in [1.807, 2.05) is 37.1 Å². The Morgan fingerprint density at radius 3 is 2.88 bits per heavy atom. The minimum absolute atomic E-state index is 0.313. The van der Waals surface area contributed by atoms with Gasteiger partial charge in [0.1, 0.15) is 5.75 Å². The van der Waals surface area contributed by atoms with Gasteiger partial charge in [0.25, 0.3) is 0 Å². The third-order valence-corrected chi connectivity index (χ3v) is 2.46. The number of ether oxygens (including phenoxy) is 2. The number of hydrogen-bond donors (Lipinski definition) is 1. The predicted octanol–water partition coefficient (Wildman–Crippen LogP) is 2.21. The van der Waals surface area contributed by atoms with Crippen LogP contribution in [-0.2, 0) is 9.53 Å². The summed E-state index contributed by atoms with van der Waals surface area (Å²) in [5.74, 6) is 3.08.